The summed E-state index contributed by atoms with van der Waals surface area (Å²) in [7, 11) is 3.70. The van der Waals surface area contributed by atoms with Crippen molar-refractivity contribution in [1.29, 1.82) is 0 Å². The van der Waals surface area contributed by atoms with E-state index in [1.165, 1.54) is 26.5 Å². The first-order valence-electron chi connectivity index (χ1n) is 10.9. The molecule has 0 spiro atoms. The van der Waals surface area contributed by atoms with Gasteiger partial charge < -0.3 is 19.9 Å². The molecular weight excluding hydrogens is 496 g/mol. The van der Waals surface area contributed by atoms with Crippen molar-refractivity contribution >= 4 is 29.9 Å². The summed E-state index contributed by atoms with van der Waals surface area (Å²) < 4.78 is 18.9. The van der Waals surface area contributed by atoms with Crippen LogP contribution in [-0.2, 0) is 6.54 Å². The van der Waals surface area contributed by atoms with Crippen molar-refractivity contribution in [3.05, 3.63) is 29.6 Å². The summed E-state index contributed by atoms with van der Waals surface area (Å²) in [5.74, 6) is 1.71. The molecule has 170 valence electrons. The number of ether oxygens (including phenoxy) is 1. The topological polar surface area (TPSA) is 43.3 Å². The Kier molecular flexibility index (Phi) is 10.6. The molecule has 6 nitrogen and oxygen atoms in total. The number of piperazine rings is 1. The smallest absolute Gasteiger partial charge is 0.194 e. The van der Waals surface area contributed by atoms with Crippen LogP contribution in [0.15, 0.2) is 23.2 Å². The van der Waals surface area contributed by atoms with Crippen molar-refractivity contribution in [3.63, 3.8) is 0 Å². The zero-order chi connectivity index (χ0) is 20.6. The largest absolute Gasteiger partial charge is 0.494 e. The fourth-order valence-corrected chi connectivity index (χ4v) is 4.25. The monoisotopic (exact) mass is 533 g/mol. The van der Waals surface area contributed by atoms with Crippen molar-refractivity contribution in [2.24, 2.45) is 10.9 Å². The lowest BCUT2D eigenvalue weighted by atomic mass is 9.99. The van der Waals surface area contributed by atoms with Gasteiger partial charge in [0, 0.05) is 52.4 Å². The molecule has 30 heavy (non-hydrogen) atoms. The molecule has 1 unspecified atom stereocenters. The number of hydrogen-bond donors (Lipinski definition) is 1. The minimum atomic E-state index is -0.293. The number of nitrogens with zero attached hydrogens (tertiary/aromatic N) is 4. The average Bonchev–Trinajstić information content (AvgIpc) is 2.72. The number of likely N-dealkylation sites (tertiary alicyclic amines) is 1. The second-order valence-corrected chi connectivity index (χ2v) is 8.20. The van der Waals surface area contributed by atoms with Gasteiger partial charge in [0.05, 0.1) is 7.11 Å². The molecule has 0 bridgehead atoms. The first-order chi connectivity index (χ1) is 14.1. The number of rotatable bonds is 6. The van der Waals surface area contributed by atoms with E-state index in [-0.39, 0.29) is 29.8 Å². The van der Waals surface area contributed by atoms with Crippen LogP contribution in [0.1, 0.15) is 25.3 Å². The number of halogens is 2. The van der Waals surface area contributed by atoms with Crippen molar-refractivity contribution < 1.29 is 9.13 Å². The van der Waals surface area contributed by atoms with Gasteiger partial charge in [0.25, 0.3) is 0 Å². The van der Waals surface area contributed by atoms with Crippen LogP contribution in [-0.4, -0.2) is 87.2 Å². The molecule has 1 aromatic carbocycles. The van der Waals surface area contributed by atoms with Crippen LogP contribution >= 0.6 is 24.0 Å². The van der Waals surface area contributed by atoms with Crippen LogP contribution in [0.5, 0.6) is 5.75 Å². The van der Waals surface area contributed by atoms with Crippen LogP contribution in [0.3, 0.4) is 0 Å². The summed E-state index contributed by atoms with van der Waals surface area (Å²) in [6.07, 6.45) is 2.55. The summed E-state index contributed by atoms with van der Waals surface area (Å²) in [5.41, 5.74) is 0.985. The first-order valence-corrected chi connectivity index (χ1v) is 10.9. The normalized spacial score (nSPS) is 21.3. The van der Waals surface area contributed by atoms with Crippen molar-refractivity contribution in [2.45, 2.75) is 26.3 Å². The lowest BCUT2D eigenvalue weighted by molar-refractivity contribution is 0.171. The maximum atomic E-state index is 13.9. The van der Waals surface area contributed by atoms with E-state index in [2.05, 4.69) is 34.0 Å². The van der Waals surface area contributed by atoms with Crippen molar-refractivity contribution in [3.8, 4) is 5.75 Å². The van der Waals surface area contributed by atoms with E-state index < -0.39 is 0 Å². The van der Waals surface area contributed by atoms with Gasteiger partial charge in [-0.2, -0.15) is 0 Å². The molecule has 1 atom stereocenters. The molecule has 2 fully saturated rings. The minimum Gasteiger partial charge on any atom is -0.494 e. The summed E-state index contributed by atoms with van der Waals surface area (Å²) in [6.45, 7) is 10.8. The Morgan fingerprint density at radius 3 is 2.63 bits per heavy atom. The molecule has 0 aromatic heterocycles. The third-order valence-corrected chi connectivity index (χ3v) is 5.85. The standard InChI is InChI=1S/C22H36FN5O.HI/c1-4-24-22(25-15-19-6-5-9-26(2)16-19)28-12-10-27(11-13-28)17-18-7-8-21(29-3)20(23)14-18;/h7-8,14,19H,4-6,9-13,15-17H2,1-3H3,(H,24,25);1H. The maximum absolute atomic E-state index is 13.9. The van der Waals surface area contributed by atoms with Gasteiger partial charge in [0.15, 0.2) is 17.5 Å². The lowest BCUT2D eigenvalue weighted by Crippen LogP contribution is -2.52. The molecule has 8 heteroatoms. The number of guanidine groups is 1. The molecule has 0 amide bonds. The predicted molar refractivity (Wildman–Crippen MR) is 131 cm³/mol. The summed E-state index contributed by atoms with van der Waals surface area (Å²) in [6, 6.07) is 5.23. The quantitative estimate of drug-likeness (QED) is 0.346. The Morgan fingerprint density at radius 2 is 2.00 bits per heavy atom. The van der Waals surface area contributed by atoms with E-state index in [1.54, 1.807) is 12.1 Å². The highest BCUT2D eigenvalue weighted by Crippen LogP contribution is 2.19. The molecule has 1 N–H and O–H groups in total. The van der Waals surface area contributed by atoms with Crippen molar-refractivity contribution in [1.82, 2.24) is 20.0 Å². The third kappa shape index (κ3) is 7.23. The molecule has 0 radical (unpaired) electrons. The molecule has 2 saturated heterocycles. The van der Waals surface area contributed by atoms with Gasteiger partial charge in [-0.05, 0) is 57.0 Å². The van der Waals surface area contributed by atoms with E-state index in [4.69, 9.17) is 9.73 Å². The molecule has 0 aliphatic carbocycles. The van der Waals surface area contributed by atoms with Gasteiger partial charge in [-0.25, -0.2) is 4.39 Å². The molecule has 2 heterocycles. The molecule has 0 saturated carbocycles. The van der Waals surface area contributed by atoms with Gasteiger partial charge in [0.2, 0.25) is 0 Å². The molecule has 1 aromatic rings. The van der Waals surface area contributed by atoms with Crippen molar-refractivity contribution in [2.75, 3.05) is 66.5 Å². The van der Waals surface area contributed by atoms with Gasteiger partial charge in [-0.1, -0.05) is 6.07 Å². The molecular formula is C22H37FIN5O. The van der Waals surface area contributed by atoms with E-state index >= 15 is 0 Å². The Hall–Kier alpha value is -1.13. The van der Waals surface area contributed by atoms with Crippen LogP contribution in [0.4, 0.5) is 4.39 Å². The summed E-state index contributed by atoms with van der Waals surface area (Å²) in [4.78, 5) is 12.1. The number of nitrogens with one attached hydrogen (secondary N) is 1. The van der Waals surface area contributed by atoms with E-state index in [1.807, 2.05) is 6.07 Å². The second-order valence-electron chi connectivity index (χ2n) is 8.20. The van der Waals surface area contributed by atoms with Gasteiger partial charge in [0.1, 0.15) is 0 Å². The molecule has 2 aliphatic rings. The SMILES string of the molecule is CCNC(=NCC1CCCN(C)C1)N1CCN(Cc2ccc(OC)c(F)c2)CC1.I. The Balaban J connectivity index is 0.00000320. The Bertz CT molecular complexity index is 681. The lowest BCUT2D eigenvalue weighted by Gasteiger charge is -2.37. The van der Waals surface area contributed by atoms with Gasteiger partial charge in [-0.3, -0.25) is 9.89 Å². The highest BCUT2D eigenvalue weighted by atomic mass is 127. The van der Waals surface area contributed by atoms with Crippen LogP contribution < -0.4 is 10.1 Å². The average molecular weight is 533 g/mol. The summed E-state index contributed by atoms with van der Waals surface area (Å²) >= 11 is 0. The van der Waals surface area contributed by atoms with Crippen LogP contribution in [0.2, 0.25) is 0 Å². The van der Waals surface area contributed by atoms with Gasteiger partial charge in [-0.15, -0.1) is 24.0 Å². The maximum Gasteiger partial charge on any atom is 0.194 e. The number of piperidine rings is 1. The highest BCUT2D eigenvalue weighted by Gasteiger charge is 2.21. The Labute approximate surface area is 197 Å². The van der Waals surface area contributed by atoms with E-state index in [9.17, 15) is 4.39 Å². The summed E-state index contributed by atoms with van der Waals surface area (Å²) in [5, 5.41) is 3.47. The van der Waals surface area contributed by atoms with Gasteiger partial charge >= 0.3 is 0 Å². The molecule has 3 rings (SSSR count). The third-order valence-electron chi connectivity index (χ3n) is 5.85. The Morgan fingerprint density at radius 1 is 1.23 bits per heavy atom. The fraction of sp³-hybridized carbons (Fsp3) is 0.682. The molecule has 2 aliphatic heterocycles. The fourth-order valence-electron chi connectivity index (χ4n) is 4.25. The number of aliphatic imine (C=N–C) groups is 1. The van der Waals surface area contributed by atoms with E-state index in [0.29, 0.717) is 11.7 Å². The number of benzene rings is 1. The second kappa shape index (κ2) is 12.7. The highest BCUT2D eigenvalue weighted by molar-refractivity contribution is 14.0. The van der Waals surface area contributed by atoms with E-state index in [0.717, 1.165) is 63.9 Å². The zero-order valence-corrected chi connectivity index (χ0v) is 20.9. The predicted octanol–water partition coefficient (Wildman–Crippen LogP) is 2.88. The van der Waals surface area contributed by atoms with Crippen LogP contribution in [0.25, 0.3) is 0 Å². The zero-order valence-electron chi connectivity index (χ0n) is 18.6. The minimum absolute atomic E-state index is 0. The van der Waals surface area contributed by atoms with Crippen LogP contribution in [0, 0.1) is 11.7 Å². The first kappa shape index (κ1) is 25.1. The number of hydrogen-bond acceptors (Lipinski definition) is 4. The number of methoxy groups -OCH3 is 1.